The molecule has 2 unspecified atom stereocenters. The topological polar surface area (TPSA) is 241 Å². The Morgan fingerprint density at radius 3 is 2.33 bits per heavy atom. The molecular weight excluding hydrogens is 714 g/mol. The Morgan fingerprint density at radius 1 is 1.04 bits per heavy atom. The van der Waals surface area contributed by atoms with Crippen molar-refractivity contribution in [1.29, 1.82) is 0 Å². The maximum atomic E-state index is 13.7. The van der Waals surface area contributed by atoms with E-state index >= 15 is 0 Å². The van der Waals surface area contributed by atoms with Gasteiger partial charge in [-0.15, -0.1) is 5.73 Å². The van der Waals surface area contributed by atoms with E-state index in [1.54, 1.807) is 56.0 Å². The molecule has 17 nitrogen and oxygen atoms in total. The van der Waals surface area contributed by atoms with E-state index in [4.69, 9.17) is 15.2 Å². The summed E-state index contributed by atoms with van der Waals surface area (Å²) in [6.45, 7) is 9.24. The lowest BCUT2D eigenvalue weighted by molar-refractivity contribution is -0.384. The number of urea groups is 1. The third kappa shape index (κ3) is 13.6. The molecule has 17 heteroatoms. The molecule has 6 amide bonds. The first-order valence-electron chi connectivity index (χ1n) is 17.3. The van der Waals surface area contributed by atoms with E-state index in [0.717, 1.165) is 0 Å². The number of unbranched alkanes of at least 4 members (excludes halogenated alkanes) is 2. The first kappa shape index (κ1) is 42.7. The van der Waals surface area contributed by atoms with Gasteiger partial charge in [0.2, 0.25) is 11.8 Å². The van der Waals surface area contributed by atoms with Crippen LogP contribution in [-0.2, 0) is 30.5 Å². The summed E-state index contributed by atoms with van der Waals surface area (Å²) in [5.74, 6) is -2.09. The van der Waals surface area contributed by atoms with E-state index in [2.05, 4.69) is 33.6 Å². The number of anilines is 1. The quantitative estimate of drug-likeness (QED) is 0.0343. The van der Waals surface area contributed by atoms with Crippen molar-refractivity contribution in [2.75, 3.05) is 18.4 Å². The number of rotatable bonds is 19. The van der Waals surface area contributed by atoms with Crippen molar-refractivity contribution in [3.8, 4) is 5.75 Å². The maximum absolute atomic E-state index is 13.7. The Bertz CT molecular complexity index is 1830. The number of primary amides is 1. The van der Waals surface area contributed by atoms with Gasteiger partial charge in [0.25, 0.3) is 17.5 Å². The van der Waals surface area contributed by atoms with E-state index in [-0.39, 0.29) is 48.7 Å². The molecule has 1 aliphatic rings. The molecule has 0 radical (unpaired) electrons. The summed E-state index contributed by atoms with van der Waals surface area (Å²) in [4.78, 5) is 87.0. The van der Waals surface area contributed by atoms with Crippen LogP contribution < -0.4 is 31.7 Å². The van der Waals surface area contributed by atoms with Gasteiger partial charge in [0.15, 0.2) is 0 Å². The highest BCUT2D eigenvalue weighted by atomic mass is 16.7. The number of nitrogens with zero attached hydrogens (tertiary/aromatic N) is 2. The lowest BCUT2D eigenvalue weighted by Gasteiger charge is -2.34. The highest BCUT2D eigenvalue weighted by Gasteiger charge is 2.39. The standard InChI is InChI=1S/C38H45N7O10/c1-25(2)38(4,43-32(46)11-6-5-9-23-44-26(3)12-21-33(44)47)35(49)42-31(10-7-8-22-40-36(39)50)34(48)41-28-15-13-27(14-16-28)24-54-37(51)55-30-19-17-29(18-20-30)45(52)53/h8,10,12-21,25,31H,3,5-6,9,11,22-24H2,1-2,4H3,(H,41,48)(H,42,49)(H,43,46)(H3,39,40,50). The molecule has 2 aromatic rings. The average Bonchev–Trinajstić information content (AvgIpc) is 3.46. The van der Waals surface area contributed by atoms with Crippen LogP contribution in [0.5, 0.6) is 5.75 Å². The molecule has 0 bridgehead atoms. The molecule has 0 saturated carbocycles. The molecule has 2 aromatic carbocycles. The Balaban J connectivity index is 1.60. The molecule has 0 aliphatic carbocycles. The number of hydrogen-bond acceptors (Lipinski definition) is 10. The average molecular weight is 760 g/mol. The number of carbonyl (C=O) groups is 6. The van der Waals surface area contributed by atoms with Crippen LogP contribution in [-0.4, -0.2) is 70.3 Å². The van der Waals surface area contributed by atoms with Gasteiger partial charge in [-0.2, -0.15) is 0 Å². The van der Waals surface area contributed by atoms with Crippen molar-refractivity contribution < 1.29 is 43.2 Å². The Morgan fingerprint density at radius 2 is 1.73 bits per heavy atom. The van der Waals surface area contributed by atoms with E-state index in [1.807, 2.05) is 0 Å². The number of ether oxygens (including phenoxy) is 2. The van der Waals surface area contributed by atoms with E-state index in [0.29, 0.717) is 42.8 Å². The maximum Gasteiger partial charge on any atom is 0.514 e. The molecule has 0 spiro atoms. The smallest absolute Gasteiger partial charge is 0.429 e. The number of amides is 6. The Hall–Kier alpha value is -6.74. The summed E-state index contributed by atoms with van der Waals surface area (Å²) < 4.78 is 10.1. The lowest BCUT2D eigenvalue weighted by Crippen LogP contribution is -2.62. The van der Waals surface area contributed by atoms with Crippen LogP contribution in [0.25, 0.3) is 0 Å². The molecule has 6 N–H and O–H groups in total. The van der Waals surface area contributed by atoms with Crippen LogP contribution in [0.3, 0.4) is 0 Å². The van der Waals surface area contributed by atoms with Crippen LogP contribution in [0, 0.1) is 16.0 Å². The SMILES string of the molecule is C=C1C=CC(=O)N1CCCCCC(=O)NC(C)(C(=O)NC(C=C=CCNC(N)=O)C(=O)Nc1ccc(COC(=O)Oc2ccc([N+](=O)[O-])cc2)cc1)C(C)C. The predicted molar refractivity (Wildman–Crippen MR) is 201 cm³/mol. The molecule has 1 heterocycles. The highest BCUT2D eigenvalue weighted by molar-refractivity contribution is 6.00. The molecule has 0 saturated heterocycles. The molecule has 0 fully saturated rings. The molecule has 3 rings (SSSR count). The third-order valence-corrected chi connectivity index (χ3v) is 8.50. The Kier molecular flexibility index (Phi) is 15.9. The van der Waals surface area contributed by atoms with Crippen LogP contribution in [0.1, 0.15) is 52.0 Å². The molecule has 1 aliphatic heterocycles. The summed E-state index contributed by atoms with van der Waals surface area (Å²) >= 11 is 0. The molecular formula is C38H45N7O10. The monoisotopic (exact) mass is 759 g/mol. The van der Waals surface area contributed by atoms with Gasteiger partial charge in [-0.25, -0.2) is 9.59 Å². The normalized spacial score (nSPS) is 13.5. The second kappa shape index (κ2) is 20.5. The largest absolute Gasteiger partial charge is 0.514 e. The van der Waals surface area contributed by atoms with E-state index in [1.165, 1.54) is 42.5 Å². The molecule has 0 aromatic heterocycles. The highest BCUT2D eigenvalue weighted by Crippen LogP contribution is 2.20. The molecule has 292 valence electrons. The van der Waals surface area contributed by atoms with Gasteiger partial charge in [0.05, 0.1) is 4.92 Å². The van der Waals surface area contributed by atoms with Gasteiger partial charge in [0, 0.05) is 49.1 Å². The van der Waals surface area contributed by atoms with Crippen LogP contribution >= 0.6 is 0 Å². The van der Waals surface area contributed by atoms with Crippen LogP contribution in [0.15, 0.2) is 90.8 Å². The van der Waals surface area contributed by atoms with Gasteiger partial charge >= 0.3 is 12.2 Å². The zero-order chi connectivity index (χ0) is 40.5. The van der Waals surface area contributed by atoms with Gasteiger partial charge in [-0.05, 0) is 73.7 Å². The molecule has 2 atom stereocenters. The van der Waals surface area contributed by atoms with Gasteiger partial charge in [0.1, 0.15) is 23.9 Å². The minimum atomic E-state index is -1.41. The summed E-state index contributed by atoms with van der Waals surface area (Å²) in [5, 5.41) is 21.4. The van der Waals surface area contributed by atoms with Crippen LogP contribution in [0.4, 0.5) is 21.0 Å². The zero-order valence-corrected chi connectivity index (χ0v) is 30.8. The number of carbonyl (C=O) groups excluding carboxylic acids is 6. The van der Waals surface area contributed by atoms with E-state index in [9.17, 15) is 38.9 Å². The zero-order valence-electron chi connectivity index (χ0n) is 30.8. The fraction of sp³-hybridized carbons (Fsp3) is 0.342. The minimum absolute atomic E-state index is 0.0127. The van der Waals surface area contributed by atoms with E-state index < -0.39 is 40.5 Å². The van der Waals surface area contributed by atoms with Gasteiger partial charge in [-0.3, -0.25) is 29.3 Å². The summed E-state index contributed by atoms with van der Waals surface area (Å²) in [6, 6.07) is 9.10. The predicted octanol–water partition coefficient (Wildman–Crippen LogP) is 4.12. The Labute approximate surface area is 317 Å². The van der Waals surface area contributed by atoms with Gasteiger partial charge < -0.3 is 41.4 Å². The molecule has 55 heavy (non-hydrogen) atoms. The number of nitro groups is 1. The minimum Gasteiger partial charge on any atom is -0.429 e. The third-order valence-electron chi connectivity index (χ3n) is 8.50. The van der Waals surface area contributed by atoms with Crippen molar-refractivity contribution in [3.05, 3.63) is 107 Å². The number of nitrogens with one attached hydrogen (secondary N) is 4. The summed E-state index contributed by atoms with van der Waals surface area (Å²) in [7, 11) is 0. The number of nitrogens with two attached hydrogens (primary N) is 1. The lowest BCUT2D eigenvalue weighted by atomic mass is 9.86. The fourth-order valence-electron chi connectivity index (χ4n) is 4.95. The second-order valence-electron chi connectivity index (χ2n) is 12.8. The van der Waals surface area contributed by atoms with Crippen molar-refractivity contribution >= 4 is 47.2 Å². The van der Waals surface area contributed by atoms with Gasteiger partial charge in [-0.1, -0.05) is 39.0 Å². The van der Waals surface area contributed by atoms with Crippen LogP contribution in [0.2, 0.25) is 0 Å². The number of benzene rings is 2. The first-order valence-corrected chi connectivity index (χ1v) is 17.3. The summed E-state index contributed by atoms with van der Waals surface area (Å²) in [5.41, 5.74) is 7.78. The summed E-state index contributed by atoms with van der Waals surface area (Å²) in [6.07, 6.45) is 6.78. The number of allylic oxidation sites excluding steroid dienone is 1. The fourth-order valence-corrected chi connectivity index (χ4v) is 4.95. The van der Waals surface area contributed by atoms with Crippen molar-refractivity contribution in [1.82, 2.24) is 20.9 Å². The number of nitro benzene ring substituents is 1. The van der Waals surface area contributed by atoms with Crippen molar-refractivity contribution in [2.45, 2.75) is 64.6 Å². The number of hydrogen-bond donors (Lipinski definition) is 5. The second-order valence-corrected chi connectivity index (χ2v) is 12.8. The first-order chi connectivity index (χ1) is 26.1. The number of non-ortho nitro benzene ring substituents is 1. The van der Waals surface area contributed by atoms with Crippen molar-refractivity contribution in [2.24, 2.45) is 11.7 Å². The van der Waals surface area contributed by atoms with Crippen molar-refractivity contribution in [3.63, 3.8) is 0 Å².